The van der Waals surface area contributed by atoms with Gasteiger partial charge in [-0.2, -0.15) is 0 Å². The quantitative estimate of drug-likeness (QED) is 0.758. The van der Waals surface area contributed by atoms with Gasteiger partial charge in [0.25, 0.3) is 0 Å². The Labute approximate surface area is 111 Å². The lowest BCUT2D eigenvalue weighted by molar-refractivity contribution is -0.123. The molecule has 0 heterocycles. The Bertz CT molecular complexity index is 261. The molecular formula is C14H28N2O2. The molecule has 1 aliphatic carbocycles. The zero-order valence-corrected chi connectivity index (χ0v) is 12.0. The molecule has 0 unspecified atom stereocenters. The van der Waals surface area contributed by atoms with Crippen molar-refractivity contribution in [1.82, 2.24) is 10.2 Å². The van der Waals surface area contributed by atoms with Crippen LogP contribution in [0.1, 0.15) is 52.9 Å². The van der Waals surface area contributed by atoms with Crippen molar-refractivity contribution < 1.29 is 9.90 Å². The van der Waals surface area contributed by atoms with Crippen molar-refractivity contribution >= 4 is 5.91 Å². The van der Waals surface area contributed by atoms with Crippen molar-refractivity contribution in [1.29, 1.82) is 0 Å². The molecule has 1 saturated carbocycles. The van der Waals surface area contributed by atoms with Gasteiger partial charge in [-0.15, -0.1) is 0 Å². The average Bonchev–Trinajstić information content (AvgIpc) is 2.27. The van der Waals surface area contributed by atoms with Gasteiger partial charge < -0.3 is 10.4 Å². The number of carbonyl (C=O) groups excluding carboxylic acids is 1. The monoisotopic (exact) mass is 256 g/mol. The number of carbonyl (C=O) groups is 1. The summed E-state index contributed by atoms with van der Waals surface area (Å²) in [6.45, 7) is 7.76. The zero-order valence-electron chi connectivity index (χ0n) is 12.0. The number of rotatable bonds is 6. The van der Waals surface area contributed by atoms with Crippen LogP contribution in [0, 0.1) is 0 Å². The van der Waals surface area contributed by atoms with E-state index in [1.165, 1.54) is 6.42 Å². The van der Waals surface area contributed by atoms with E-state index in [0.29, 0.717) is 13.1 Å². The van der Waals surface area contributed by atoms with E-state index in [9.17, 15) is 9.90 Å². The third-order valence-corrected chi connectivity index (χ3v) is 3.57. The van der Waals surface area contributed by atoms with Crippen LogP contribution in [0.4, 0.5) is 0 Å². The summed E-state index contributed by atoms with van der Waals surface area (Å²) in [6.07, 6.45) is 5.17. The van der Waals surface area contributed by atoms with Crippen molar-refractivity contribution in [3.05, 3.63) is 0 Å². The Kier molecular flexibility index (Phi) is 6.09. The molecule has 0 bridgehead atoms. The number of nitrogens with zero attached hydrogens (tertiary/aromatic N) is 1. The summed E-state index contributed by atoms with van der Waals surface area (Å²) in [5.74, 6) is 0.0475. The highest BCUT2D eigenvalue weighted by molar-refractivity contribution is 5.78. The first-order valence-corrected chi connectivity index (χ1v) is 7.19. The lowest BCUT2D eigenvalue weighted by atomic mass is 9.84. The average molecular weight is 256 g/mol. The molecule has 1 rings (SSSR count). The van der Waals surface area contributed by atoms with Gasteiger partial charge in [-0.05, 0) is 33.2 Å². The lowest BCUT2D eigenvalue weighted by Crippen LogP contribution is -2.48. The normalized spacial score (nSPS) is 19.2. The molecule has 0 aromatic rings. The largest absolute Gasteiger partial charge is 0.389 e. The first kappa shape index (κ1) is 15.4. The summed E-state index contributed by atoms with van der Waals surface area (Å²) in [7, 11) is 0. The van der Waals surface area contributed by atoms with Gasteiger partial charge in [-0.1, -0.05) is 26.2 Å². The van der Waals surface area contributed by atoms with Crippen LogP contribution in [-0.2, 0) is 4.79 Å². The molecule has 0 atom stereocenters. The zero-order chi connectivity index (χ0) is 13.6. The summed E-state index contributed by atoms with van der Waals surface area (Å²) in [5, 5.41) is 13.4. The van der Waals surface area contributed by atoms with Crippen molar-refractivity contribution in [2.24, 2.45) is 0 Å². The van der Waals surface area contributed by atoms with Crippen LogP contribution in [0.2, 0.25) is 0 Å². The molecule has 0 radical (unpaired) electrons. The highest BCUT2D eigenvalue weighted by atomic mass is 16.3. The van der Waals surface area contributed by atoms with Gasteiger partial charge in [0.2, 0.25) is 5.91 Å². The fraction of sp³-hybridized carbons (Fsp3) is 0.929. The Balaban J connectivity index is 2.43. The van der Waals surface area contributed by atoms with E-state index in [4.69, 9.17) is 0 Å². The number of amides is 1. The van der Waals surface area contributed by atoms with Crippen LogP contribution in [0.3, 0.4) is 0 Å². The minimum Gasteiger partial charge on any atom is -0.389 e. The molecule has 4 heteroatoms. The standard InChI is InChI=1S/C14H28N2O2/c1-4-16(10-13(17)15-12(2)3)11-14(18)8-6-5-7-9-14/h12,18H,4-11H2,1-3H3,(H,15,17). The number of nitrogens with one attached hydrogen (secondary N) is 1. The van der Waals surface area contributed by atoms with Crippen molar-refractivity contribution in [2.75, 3.05) is 19.6 Å². The highest BCUT2D eigenvalue weighted by Gasteiger charge is 2.31. The van der Waals surface area contributed by atoms with Crippen LogP contribution >= 0.6 is 0 Å². The molecule has 4 nitrogen and oxygen atoms in total. The number of aliphatic hydroxyl groups is 1. The van der Waals surface area contributed by atoms with Crippen LogP contribution < -0.4 is 5.32 Å². The second-order valence-corrected chi connectivity index (χ2v) is 5.81. The Morgan fingerprint density at radius 1 is 1.33 bits per heavy atom. The Morgan fingerprint density at radius 2 is 1.94 bits per heavy atom. The molecule has 1 aliphatic rings. The van der Waals surface area contributed by atoms with Crippen LogP contribution in [0.15, 0.2) is 0 Å². The van der Waals surface area contributed by atoms with E-state index in [2.05, 4.69) is 5.32 Å². The number of hydrogen-bond donors (Lipinski definition) is 2. The second-order valence-electron chi connectivity index (χ2n) is 5.81. The fourth-order valence-corrected chi connectivity index (χ4v) is 2.63. The van der Waals surface area contributed by atoms with Crippen molar-refractivity contribution in [2.45, 2.75) is 64.5 Å². The van der Waals surface area contributed by atoms with E-state index < -0.39 is 5.60 Å². The van der Waals surface area contributed by atoms with Crippen molar-refractivity contribution in [3.8, 4) is 0 Å². The third kappa shape index (κ3) is 5.36. The van der Waals surface area contributed by atoms with E-state index in [-0.39, 0.29) is 11.9 Å². The smallest absolute Gasteiger partial charge is 0.234 e. The predicted molar refractivity (Wildman–Crippen MR) is 73.4 cm³/mol. The molecule has 0 aromatic heterocycles. The van der Waals surface area contributed by atoms with Crippen LogP contribution in [0.25, 0.3) is 0 Å². The summed E-state index contributed by atoms with van der Waals surface area (Å²) in [4.78, 5) is 13.8. The Hall–Kier alpha value is -0.610. The van der Waals surface area contributed by atoms with Crippen molar-refractivity contribution in [3.63, 3.8) is 0 Å². The summed E-state index contributed by atoms with van der Waals surface area (Å²) in [6, 6.07) is 0.175. The van der Waals surface area contributed by atoms with Gasteiger partial charge in [0, 0.05) is 12.6 Å². The summed E-state index contributed by atoms with van der Waals surface area (Å²) >= 11 is 0. The highest BCUT2D eigenvalue weighted by Crippen LogP contribution is 2.28. The topological polar surface area (TPSA) is 52.6 Å². The molecule has 2 N–H and O–H groups in total. The van der Waals surface area contributed by atoms with E-state index in [0.717, 1.165) is 32.2 Å². The molecule has 0 saturated heterocycles. The first-order valence-electron chi connectivity index (χ1n) is 7.19. The fourth-order valence-electron chi connectivity index (χ4n) is 2.63. The molecule has 106 valence electrons. The minimum absolute atomic E-state index is 0.0475. The van der Waals surface area contributed by atoms with Gasteiger partial charge in [0.1, 0.15) is 0 Å². The van der Waals surface area contributed by atoms with Gasteiger partial charge in [0.05, 0.1) is 12.1 Å². The van der Waals surface area contributed by atoms with Gasteiger partial charge in [-0.25, -0.2) is 0 Å². The molecular weight excluding hydrogens is 228 g/mol. The molecule has 0 aromatic carbocycles. The number of likely N-dealkylation sites (N-methyl/N-ethyl adjacent to an activating group) is 1. The molecule has 1 amide bonds. The minimum atomic E-state index is -0.577. The molecule has 0 aliphatic heterocycles. The van der Waals surface area contributed by atoms with Gasteiger partial charge >= 0.3 is 0 Å². The van der Waals surface area contributed by atoms with Gasteiger partial charge in [-0.3, -0.25) is 9.69 Å². The second kappa shape index (κ2) is 7.10. The lowest BCUT2D eigenvalue weighted by Gasteiger charge is -2.36. The number of hydrogen-bond acceptors (Lipinski definition) is 3. The maximum absolute atomic E-state index is 11.7. The van der Waals surface area contributed by atoms with Gasteiger partial charge in [0.15, 0.2) is 0 Å². The third-order valence-electron chi connectivity index (χ3n) is 3.57. The Morgan fingerprint density at radius 3 is 2.44 bits per heavy atom. The van der Waals surface area contributed by atoms with Crippen LogP contribution in [0.5, 0.6) is 0 Å². The van der Waals surface area contributed by atoms with E-state index in [1.54, 1.807) is 0 Å². The maximum atomic E-state index is 11.7. The van der Waals surface area contributed by atoms with E-state index in [1.807, 2.05) is 25.7 Å². The summed E-state index contributed by atoms with van der Waals surface area (Å²) in [5.41, 5.74) is -0.577. The maximum Gasteiger partial charge on any atom is 0.234 e. The predicted octanol–water partition coefficient (Wildman–Crippen LogP) is 1.53. The SMILES string of the molecule is CCN(CC(=O)NC(C)C)CC1(O)CCCCC1. The van der Waals surface area contributed by atoms with E-state index >= 15 is 0 Å². The molecule has 18 heavy (non-hydrogen) atoms. The first-order chi connectivity index (χ1) is 8.45. The molecule has 1 fully saturated rings. The molecule has 0 spiro atoms. The van der Waals surface area contributed by atoms with Crippen LogP contribution in [-0.4, -0.2) is 47.2 Å². The summed E-state index contributed by atoms with van der Waals surface area (Å²) < 4.78 is 0.